The molecule has 4 rings (SSSR count). The normalized spacial score (nSPS) is 10.8. The first-order valence-electron chi connectivity index (χ1n) is 8.73. The Balaban J connectivity index is 2.10. The predicted octanol–water partition coefficient (Wildman–Crippen LogP) is 4.14. The number of aromatic carboxylic acids is 1. The van der Waals surface area contributed by atoms with Crippen LogP contribution in [0.3, 0.4) is 0 Å². The van der Waals surface area contributed by atoms with Gasteiger partial charge in [-0.15, -0.1) is 0 Å². The largest absolute Gasteiger partial charge is 0.478 e. The zero-order valence-corrected chi connectivity index (χ0v) is 15.1. The molecule has 2 aromatic heterocycles. The molecule has 2 heterocycles. The molecule has 2 aromatic carbocycles. The first kappa shape index (κ1) is 17.5. The van der Waals surface area contributed by atoms with Gasteiger partial charge in [0.1, 0.15) is 5.82 Å². The van der Waals surface area contributed by atoms with Crippen LogP contribution >= 0.6 is 0 Å². The summed E-state index contributed by atoms with van der Waals surface area (Å²) >= 11 is 0. The molecule has 0 unspecified atom stereocenters. The van der Waals surface area contributed by atoms with Crippen LogP contribution in [-0.2, 0) is 0 Å². The summed E-state index contributed by atoms with van der Waals surface area (Å²) in [6.45, 7) is 1.71. The number of hydrogen-bond donors (Lipinski definition) is 2. The number of rotatable bonds is 4. The molecule has 0 bridgehead atoms. The lowest BCUT2D eigenvalue weighted by molar-refractivity contribution is 0.0698. The van der Waals surface area contributed by atoms with Gasteiger partial charge in [-0.3, -0.25) is 9.36 Å². The van der Waals surface area contributed by atoms with Crippen molar-refractivity contribution < 1.29 is 9.90 Å². The summed E-state index contributed by atoms with van der Waals surface area (Å²) in [4.78, 5) is 29.1. The molecule has 2 N–H and O–H groups in total. The summed E-state index contributed by atoms with van der Waals surface area (Å²) < 4.78 is 1.77. The van der Waals surface area contributed by atoms with Gasteiger partial charge in [0.15, 0.2) is 11.1 Å². The Labute approximate surface area is 160 Å². The molecular formula is C22H17N3O3. The number of fused-ring (bicyclic) bond motifs is 1. The van der Waals surface area contributed by atoms with Gasteiger partial charge in [0.05, 0.1) is 10.9 Å². The Kier molecular flexibility index (Phi) is 4.37. The monoisotopic (exact) mass is 371 g/mol. The number of carboxylic acids is 1. The predicted molar refractivity (Wildman–Crippen MR) is 109 cm³/mol. The fraction of sp³-hybridized carbons (Fsp3) is 0.0455. The number of anilines is 2. The Bertz CT molecular complexity index is 1230. The third-order valence-corrected chi connectivity index (χ3v) is 4.39. The third-order valence-electron chi connectivity index (χ3n) is 4.39. The highest BCUT2D eigenvalue weighted by Gasteiger charge is 2.19. The molecule has 0 saturated carbocycles. The highest BCUT2D eigenvalue weighted by Crippen LogP contribution is 2.26. The summed E-state index contributed by atoms with van der Waals surface area (Å²) in [5.74, 6) is -0.652. The van der Waals surface area contributed by atoms with Crippen molar-refractivity contribution in [1.82, 2.24) is 9.55 Å². The van der Waals surface area contributed by atoms with Crippen molar-refractivity contribution in [2.75, 3.05) is 5.32 Å². The van der Waals surface area contributed by atoms with E-state index in [9.17, 15) is 14.7 Å². The smallest absolute Gasteiger partial charge is 0.336 e. The fourth-order valence-electron chi connectivity index (χ4n) is 3.20. The molecule has 4 aromatic rings. The number of nitrogens with zero attached hydrogens (tertiary/aromatic N) is 2. The van der Waals surface area contributed by atoms with Gasteiger partial charge in [0, 0.05) is 23.1 Å². The Hall–Kier alpha value is -3.93. The van der Waals surface area contributed by atoms with E-state index in [1.165, 1.54) is 12.1 Å². The molecule has 0 fully saturated rings. The maximum atomic E-state index is 12.9. The number of benzene rings is 2. The molecule has 0 atom stereocenters. The van der Waals surface area contributed by atoms with E-state index in [0.29, 0.717) is 17.2 Å². The lowest BCUT2D eigenvalue weighted by atomic mass is 10.1. The fourth-order valence-corrected chi connectivity index (χ4v) is 3.20. The molecule has 138 valence electrons. The second-order valence-corrected chi connectivity index (χ2v) is 6.37. The van der Waals surface area contributed by atoms with Gasteiger partial charge in [-0.05, 0) is 37.3 Å². The van der Waals surface area contributed by atoms with E-state index in [-0.39, 0.29) is 10.9 Å². The van der Waals surface area contributed by atoms with Crippen LogP contribution in [0.2, 0.25) is 0 Å². The molecule has 6 heteroatoms. The topological polar surface area (TPSA) is 84.2 Å². The van der Waals surface area contributed by atoms with E-state index < -0.39 is 11.4 Å². The van der Waals surface area contributed by atoms with Crippen LogP contribution in [0.1, 0.15) is 16.1 Å². The lowest BCUT2D eigenvalue weighted by Crippen LogP contribution is -2.17. The zero-order valence-electron chi connectivity index (χ0n) is 15.1. The Morgan fingerprint density at radius 3 is 2.29 bits per heavy atom. The van der Waals surface area contributed by atoms with Crippen molar-refractivity contribution in [1.29, 1.82) is 0 Å². The molecule has 0 aliphatic heterocycles. The maximum absolute atomic E-state index is 12.9. The number of nitrogens with one attached hydrogen (secondary N) is 1. The van der Waals surface area contributed by atoms with Gasteiger partial charge < -0.3 is 10.4 Å². The average Bonchev–Trinajstić information content (AvgIpc) is 2.68. The Morgan fingerprint density at radius 2 is 1.64 bits per heavy atom. The van der Waals surface area contributed by atoms with Crippen LogP contribution in [0.15, 0.2) is 77.6 Å². The van der Waals surface area contributed by atoms with Crippen LogP contribution in [0, 0.1) is 6.92 Å². The van der Waals surface area contributed by atoms with Crippen molar-refractivity contribution in [2.45, 2.75) is 6.92 Å². The van der Waals surface area contributed by atoms with E-state index in [1.54, 1.807) is 11.5 Å². The van der Waals surface area contributed by atoms with E-state index in [1.807, 2.05) is 60.7 Å². The molecule has 0 radical (unpaired) electrons. The molecular weight excluding hydrogens is 354 g/mol. The van der Waals surface area contributed by atoms with Crippen molar-refractivity contribution in [3.63, 3.8) is 0 Å². The quantitative estimate of drug-likeness (QED) is 0.563. The zero-order chi connectivity index (χ0) is 19.7. The number of carboxylic acid groups (broad SMARTS) is 1. The van der Waals surface area contributed by atoms with Crippen LogP contribution in [-0.4, -0.2) is 20.6 Å². The minimum atomic E-state index is -1.16. The van der Waals surface area contributed by atoms with Gasteiger partial charge in [-0.2, -0.15) is 0 Å². The average molecular weight is 371 g/mol. The number of aryl methyl sites for hydroxylation is 1. The van der Waals surface area contributed by atoms with Crippen molar-refractivity contribution in [3.8, 4) is 5.69 Å². The van der Waals surface area contributed by atoms with Crippen LogP contribution in [0.4, 0.5) is 11.5 Å². The van der Waals surface area contributed by atoms with Gasteiger partial charge in [0.2, 0.25) is 0 Å². The first-order valence-corrected chi connectivity index (χ1v) is 8.73. The highest BCUT2D eigenvalue weighted by atomic mass is 16.4. The number of para-hydroxylation sites is 2. The van der Waals surface area contributed by atoms with Crippen LogP contribution in [0.5, 0.6) is 0 Å². The molecule has 0 aliphatic rings. The summed E-state index contributed by atoms with van der Waals surface area (Å²) in [5.41, 5.74) is 1.94. The first-order chi connectivity index (χ1) is 13.5. The third kappa shape index (κ3) is 3.12. The minimum absolute atomic E-state index is 0.0524. The molecule has 0 spiro atoms. The summed E-state index contributed by atoms with van der Waals surface area (Å²) in [7, 11) is 0. The second kappa shape index (κ2) is 7.00. The van der Waals surface area contributed by atoms with Crippen molar-refractivity contribution in [2.24, 2.45) is 0 Å². The second-order valence-electron chi connectivity index (χ2n) is 6.37. The maximum Gasteiger partial charge on any atom is 0.336 e. The summed E-state index contributed by atoms with van der Waals surface area (Å²) in [6, 6.07) is 21.7. The standard InChI is InChI=1S/C22H17N3O3/c1-14-12-17(22(27)28)20-18(26)13-19(24-15-8-4-2-5-9-15)25(21(20)23-14)16-10-6-3-7-11-16/h2-13,24H,1H3,(H,27,28). The summed E-state index contributed by atoms with van der Waals surface area (Å²) in [5, 5.41) is 12.9. The van der Waals surface area contributed by atoms with Gasteiger partial charge in [0.25, 0.3) is 0 Å². The SMILES string of the molecule is Cc1cc(C(=O)O)c2c(=O)cc(Nc3ccccc3)n(-c3ccccc3)c2n1. The number of pyridine rings is 2. The van der Waals surface area contributed by atoms with Crippen molar-refractivity contribution in [3.05, 3.63) is 94.3 Å². The summed E-state index contributed by atoms with van der Waals surface area (Å²) in [6.07, 6.45) is 0. The van der Waals surface area contributed by atoms with E-state index in [0.717, 1.165) is 11.4 Å². The van der Waals surface area contributed by atoms with Gasteiger partial charge >= 0.3 is 5.97 Å². The van der Waals surface area contributed by atoms with Crippen LogP contribution in [0.25, 0.3) is 16.7 Å². The molecule has 0 amide bonds. The lowest BCUT2D eigenvalue weighted by Gasteiger charge is -2.18. The van der Waals surface area contributed by atoms with E-state index >= 15 is 0 Å². The molecule has 0 aliphatic carbocycles. The number of carbonyl (C=O) groups is 1. The molecule has 28 heavy (non-hydrogen) atoms. The number of aromatic nitrogens is 2. The van der Waals surface area contributed by atoms with Gasteiger partial charge in [-0.25, -0.2) is 9.78 Å². The molecule has 0 saturated heterocycles. The Morgan fingerprint density at radius 1 is 1.00 bits per heavy atom. The van der Waals surface area contributed by atoms with Gasteiger partial charge in [-0.1, -0.05) is 36.4 Å². The van der Waals surface area contributed by atoms with E-state index in [4.69, 9.17) is 0 Å². The van der Waals surface area contributed by atoms with Crippen molar-refractivity contribution >= 4 is 28.5 Å². The van der Waals surface area contributed by atoms with Crippen LogP contribution < -0.4 is 10.7 Å². The number of hydrogen-bond acceptors (Lipinski definition) is 4. The van der Waals surface area contributed by atoms with E-state index in [2.05, 4.69) is 10.3 Å². The minimum Gasteiger partial charge on any atom is -0.478 e. The molecule has 6 nitrogen and oxygen atoms in total. The highest BCUT2D eigenvalue weighted by molar-refractivity contribution is 6.02.